The van der Waals surface area contributed by atoms with E-state index in [0.29, 0.717) is 22.3 Å². The summed E-state index contributed by atoms with van der Waals surface area (Å²) in [6, 6.07) is 10.7. The molecule has 1 unspecified atom stereocenters. The van der Waals surface area contributed by atoms with Crippen molar-refractivity contribution in [2.75, 3.05) is 0 Å². The van der Waals surface area contributed by atoms with E-state index in [0.717, 1.165) is 5.56 Å². The van der Waals surface area contributed by atoms with E-state index in [4.69, 9.17) is 27.9 Å². The van der Waals surface area contributed by atoms with Gasteiger partial charge in [0.25, 0.3) is 5.91 Å². The number of carbonyl (C=O) groups excluding carboxylic acids is 1. The molecule has 23 heavy (non-hydrogen) atoms. The molecular weight excluding hydrogens is 342 g/mol. The average Bonchev–Trinajstić information content (AvgIpc) is 2.51. The molecular formula is C16H15Cl2FN2O2. The van der Waals surface area contributed by atoms with Gasteiger partial charge in [-0.05, 0) is 42.8 Å². The number of ether oxygens (including phenoxy) is 1. The zero-order valence-electron chi connectivity index (χ0n) is 12.3. The van der Waals surface area contributed by atoms with Gasteiger partial charge in [0.2, 0.25) is 0 Å². The molecule has 0 spiro atoms. The number of hydrazine groups is 1. The van der Waals surface area contributed by atoms with Gasteiger partial charge in [-0.15, -0.1) is 0 Å². The summed E-state index contributed by atoms with van der Waals surface area (Å²) in [6.45, 7) is 1.96. The zero-order valence-corrected chi connectivity index (χ0v) is 13.8. The summed E-state index contributed by atoms with van der Waals surface area (Å²) < 4.78 is 18.3. The van der Waals surface area contributed by atoms with Gasteiger partial charge in [-0.2, -0.15) is 0 Å². The molecule has 2 aromatic carbocycles. The molecule has 4 nitrogen and oxygen atoms in total. The van der Waals surface area contributed by atoms with Crippen LogP contribution in [0.2, 0.25) is 10.0 Å². The maximum absolute atomic E-state index is 12.8. The Morgan fingerprint density at radius 2 is 1.91 bits per heavy atom. The summed E-state index contributed by atoms with van der Waals surface area (Å²) in [5.74, 6) is -0.296. The number of halogens is 3. The van der Waals surface area contributed by atoms with Crippen molar-refractivity contribution in [1.82, 2.24) is 10.9 Å². The zero-order chi connectivity index (χ0) is 16.8. The monoisotopic (exact) mass is 356 g/mol. The molecule has 0 saturated carbocycles. The fraction of sp³-hybridized carbons (Fsp3) is 0.188. The maximum atomic E-state index is 12.8. The fourth-order valence-electron chi connectivity index (χ4n) is 1.75. The minimum atomic E-state index is -0.755. The van der Waals surface area contributed by atoms with Crippen molar-refractivity contribution < 1.29 is 13.9 Å². The summed E-state index contributed by atoms with van der Waals surface area (Å²) in [5.41, 5.74) is 6.11. The summed E-state index contributed by atoms with van der Waals surface area (Å²) in [5, 5.41) is 0.817. The van der Waals surface area contributed by atoms with Crippen LogP contribution in [0.1, 0.15) is 12.5 Å². The van der Waals surface area contributed by atoms with Crippen LogP contribution in [0, 0.1) is 5.82 Å². The van der Waals surface area contributed by atoms with E-state index >= 15 is 0 Å². The molecule has 1 amide bonds. The number of carbonyl (C=O) groups is 1. The first kappa shape index (κ1) is 17.5. The predicted molar refractivity (Wildman–Crippen MR) is 87.9 cm³/mol. The maximum Gasteiger partial charge on any atom is 0.274 e. The van der Waals surface area contributed by atoms with Crippen molar-refractivity contribution in [3.8, 4) is 5.75 Å². The highest BCUT2D eigenvalue weighted by molar-refractivity contribution is 6.35. The molecule has 0 fully saturated rings. The van der Waals surface area contributed by atoms with E-state index in [1.807, 2.05) is 0 Å². The van der Waals surface area contributed by atoms with Crippen LogP contribution in [0.3, 0.4) is 0 Å². The van der Waals surface area contributed by atoms with Gasteiger partial charge in [0.05, 0.1) is 5.02 Å². The highest BCUT2D eigenvalue weighted by Gasteiger charge is 2.15. The first-order valence-electron chi connectivity index (χ1n) is 6.84. The lowest BCUT2D eigenvalue weighted by molar-refractivity contribution is -0.128. The minimum Gasteiger partial charge on any atom is -0.479 e. The minimum absolute atomic E-state index is 0.306. The normalized spacial score (nSPS) is 11.8. The Morgan fingerprint density at radius 1 is 1.22 bits per heavy atom. The molecule has 2 rings (SSSR count). The van der Waals surface area contributed by atoms with Crippen LogP contribution in [0.4, 0.5) is 4.39 Å². The number of benzene rings is 2. The first-order valence-corrected chi connectivity index (χ1v) is 7.60. The van der Waals surface area contributed by atoms with Crippen molar-refractivity contribution in [2.24, 2.45) is 0 Å². The topological polar surface area (TPSA) is 50.4 Å². The second-order valence-electron chi connectivity index (χ2n) is 4.80. The SMILES string of the molecule is CC(Oc1ccc(Cl)cc1Cl)C(=O)NNCc1ccc(F)cc1. The molecule has 0 radical (unpaired) electrons. The largest absolute Gasteiger partial charge is 0.479 e. The highest BCUT2D eigenvalue weighted by Crippen LogP contribution is 2.28. The second kappa shape index (κ2) is 8.15. The van der Waals surface area contributed by atoms with Crippen LogP contribution in [-0.4, -0.2) is 12.0 Å². The molecule has 0 bridgehead atoms. The van der Waals surface area contributed by atoms with Crippen molar-refractivity contribution in [1.29, 1.82) is 0 Å². The predicted octanol–water partition coefficient (Wildman–Crippen LogP) is 3.72. The molecule has 0 heterocycles. The molecule has 2 N–H and O–H groups in total. The summed E-state index contributed by atoms with van der Waals surface area (Å²) in [6.07, 6.45) is -0.755. The van der Waals surface area contributed by atoms with Gasteiger partial charge in [0.1, 0.15) is 11.6 Å². The Kier molecular flexibility index (Phi) is 6.21. The third kappa shape index (κ3) is 5.39. The van der Waals surface area contributed by atoms with E-state index in [2.05, 4.69) is 10.9 Å². The van der Waals surface area contributed by atoms with Gasteiger partial charge < -0.3 is 4.74 Å². The van der Waals surface area contributed by atoms with E-state index in [1.54, 1.807) is 31.2 Å². The number of nitrogens with one attached hydrogen (secondary N) is 2. The third-order valence-corrected chi connectivity index (χ3v) is 3.51. The lowest BCUT2D eigenvalue weighted by Crippen LogP contribution is -2.44. The van der Waals surface area contributed by atoms with Crippen LogP contribution in [0.15, 0.2) is 42.5 Å². The Morgan fingerprint density at radius 3 is 2.57 bits per heavy atom. The van der Waals surface area contributed by atoms with Gasteiger partial charge in [-0.1, -0.05) is 35.3 Å². The Bertz CT molecular complexity index is 680. The van der Waals surface area contributed by atoms with E-state index < -0.39 is 6.10 Å². The van der Waals surface area contributed by atoms with Crippen molar-refractivity contribution in [2.45, 2.75) is 19.6 Å². The lowest BCUT2D eigenvalue weighted by Gasteiger charge is -2.16. The Labute approximate surface area is 143 Å². The second-order valence-corrected chi connectivity index (χ2v) is 5.65. The number of hydrogen-bond donors (Lipinski definition) is 2. The lowest BCUT2D eigenvalue weighted by atomic mass is 10.2. The van der Waals surface area contributed by atoms with Crippen LogP contribution in [-0.2, 0) is 11.3 Å². The summed E-state index contributed by atoms with van der Waals surface area (Å²) in [4.78, 5) is 11.9. The highest BCUT2D eigenvalue weighted by atomic mass is 35.5. The third-order valence-electron chi connectivity index (χ3n) is 2.98. The van der Waals surface area contributed by atoms with Crippen LogP contribution in [0.25, 0.3) is 0 Å². The molecule has 0 aliphatic carbocycles. The molecule has 2 aromatic rings. The van der Waals surface area contributed by atoms with Crippen LogP contribution in [0.5, 0.6) is 5.75 Å². The number of amides is 1. The Balaban J connectivity index is 1.81. The molecule has 122 valence electrons. The van der Waals surface area contributed by atoms with Gasteiger partial charge in [0, 0.05) is 11.6 Å². The smallest absolute Gasteiger partial charge is 0.274 e. The molecule has 0 aliphatic rings. The molecule has 0 aliphatic heterocycles. The van der Waals surface area contributed by atoms with Gasteiger partial charge in [0.15, 0.2) is 6.10 Å². The average molecular weight is 357 g/mol. The molecule has 1 atom stereocenters. The van der Waals surface area contributed by atoms with E-state index in [9.17, 15) is 9.18 Å². The molecule has 0 aromatic heterocycles. The molecule has 0 saturated heterocycles. The van der Waals surface area contributed by atoms with E-state index in [-0.39, 0.29) is 11.7 Å². The molecule has 7 heteroatoms. The van der Waals surface area contributed by atoms with Crippen molar-refractivity contribution >= 4 is 29.1 Å². The standard InChI is InChI=1S/C16H15Cl2FN2O2/c1-10(23-15-7-4-12(17)8-14(15)18)16(22)21-20-9-11-2-5-13(19)6-3-11/h2-8,10,20H,9H2,1H3,(H,21,22). The van der Waals surface area contributed by atoms with Crippen LogP contribution < -0.4 is 15.6 Å². The van der Waals surface area contributed by atoms with Gasteiger partial charge in [-0.25, -0.2) is 9.82 Å². The Hall–Kier alpha value is -1.82. The van der Waals surface area contributed by atoms with Gasteiger partial charge in [-0.3, -0.25) is 10.2 Å². The first-order chi connectivity index (χ1) is 11.0. The fourth-order valence-corrected chi connectivity index (χ4v) is 2.21. The van der Waals surface area contributed by atoms with Crippen molar-refractivity contribution in [3.63, 3.8) is 0 Å². The van der Waals surface area contributed by atoms with Crippen LogP contribution >= 0.6 is 23.2 Å². The summed E-state index contributed by atoms with van der Waals surface area (Å²) >= 11 is 11.8. The summed E-state index contributed by atoms with van der Waals surface area (Å²) in [7, 11) is 0. The van der Waals surface area contributed by atoms with Gasteiger partial charge >= 0.3 is 0 Å². The quantitative estimate of drug-likeness (QED) is 0.775. The van der Waals surface area contributed by atoms with E-state index in [1.165, 1.54) is 18.2 Å². The number of hydrogen-bond acceptors (Lipinski definition) is 3. The van der Waals surface area contributed by atoms with Crippen molar-refractivity contribution in [3.05, 3.63) is 63.9 Å². The number of rotatable bonds is 6.